The van der Waals surface area contributed by atoms with E-state index in [0.29, 0.717) is 12.5 Å². The van der Waals surface area contributed by atoms with Crippen molar-refractivity contribution in [3.8, 4) is 5.75 Å². The molecule has 1 unspecified atom stereocenters. The molecule has 6 nitrogen and oxygen atoms in total. The van der Waals surface area contributed by atoms with Crippen molar-refractivity contribution in [3.05, 3.63) is 33.9 Å². The molecule has 1 aliphatic carbocycles. The van der Waals surface area contributed by atoms with Gasteiger partial charge in [-0.15, -0.1) is 0 Å². The Morgan fingerprint density at radius 3 is 2.60 bits per heavy atom. The number of rotatable bonds is 7. The summed E-state index contributed by atoms with van der Waals surface area (Å²) in [4.78, 5) is 11.0. The zero-order valence-corrected chi connectivity index (χ0v) is 15.5. The van der Waals surface area contributed by atoms with E-state index >= 15 is 0 Å². The maximum Gasteiger partial charge on any atom is 0.311 e. The molecule has 2 rings (SSSR count). The van der Waals surface area contributed by atoms with Gasteiger partial charge in [-0.1, -0.05) is 25.3 Å². The molecule has 0 aliphatic heterocycles. The summed E-state index contributed by atoms with van der Waals surface area (Å²) in [6.45, 7) is 6.74. The smallest absolute Gasteiger partial charge is 0.311 e. The Labute approximate surface area is 149 Å². The maximum atomic E-state index is 11.4. The molecule has 0 bridgehead atoms. The maximum absolute atomic E-state index is 11.4. The minimum absolute atomic E-state index is 0.00456. The highest BCUT2D eigenvalue weighted by atomic mass is 16.6. The van der Waals surface area contributed by atoms with Crippen LogP contribution in [0.1, 0.15) is 64.4 Å². The number of aliphatic hydroxyl groups excluding tert-OH is 1. The summed E-state index contributed by atoms with van der Waals surface area (Å²) < 4.78 is 5.56. The van der Waals surface area contributed by atoms with Crippen LogP contribution in [0.2, 0.25) is 0 Å². The highest BCUT2D eigenvalue weighted by Crippen LogP contribution is 2.37. The van der Waals surface area contributed by atoms with Gasteiger partial charge in [0.15, 0.2) is 5.75 Å². The molecule has 0 saturated heterocycles. The highest BCUT2D eigenvalue weighted by Gasteiger charge is 2.23. The van der Waals surface area contributed by atoms with Crippen LogP contribution in [-0.4, -0.2) is 34.8 Å². The Kier molecular flexibility index (Phi) is 6.79. The van der Waals surface area contributed by atoms with Gasteiger partial charge in [-0.2, -0.15) is 0 Å². The molecular formula is C19H31N2O4+. The molecule has 1 aromatic rings. The van der Waals surface area contributed by atoms with Crippen molar-refractivity contribution in [3.63, 3.8) is 0 Å². The number of hydrogen-bond acceptors (Lipinski definition) is 4. The molecule has 25 heavy (non-hydrogen) atoms. The summed E-state index contributed by atoms with van der Waals surface area (Å²) in [6, 6.07) is 5.27. The van der Waals surface area contributed by atoms with Gasteiger partial charge < -0.3 is 15.2 Å². The largest absolute Gasteiger partial charge is 0.484 e. The first-order chi connectivity index (χ1) is 11.8. The molecule has 1 atom stereocenters. The lowest BCUT2D eigenvalue weighted by atomic mass is 9.84. The zero-order valence-electron chi connectivity index (χ0n) is 15.5. The van der Waals surface area contributed by atoms with Crippen LogP contribution >= 0.6 is 0 Å². The van der Waals surface area contributed by atoms with Crippen molar-refractivity contribution in [2.24, 2.45) is 0 Å². The molecular weight excluding hydrogens is 320 g/mol. The lowest BCUT2D eigenvalue weighted by Crippen LogP contribution is -2.96. The van der Waals surface area contributed by atoms with Gasteiger partial charge in [-0.25, -0.2) is 0 Å². The average molecular weight is 351 g/mol. The predicted octanol–water partition coefficient (Wildman–Crippen LogP) is 2.74. The summed E-state index contributed by atoms with van der Waals surface area (Å²) in [5.74, 6) is 0.646. The van der Waals surface area contributed by atoms with E-state index in [0.717, 1.165) is 18.4 Å². The highest BCUT2D eigenvalue weighted by molar-refractivity contribution is 5.49. The lowest BCUT2D eigenvalue weighted by Gasteiger charge is -2.22. The predicted molar refractivity (Wildman–Crippen MR) is 97.0 cm³/mol. The van der Waals surface area contributed by atoms with E-state index in [9.17, 15) is 15.2 Å². The van der Waals surface area contributed by atoms with Crippen LogP contribution in [-0.2, 0) is 0 Å². The molecule has 1 aliphatic rings. The number of nitro benzene ring substituents is 1. The monoisotopic (exact) mass is 351 g/mol. The van der Waals surface area contributed by atoms with E-state index in [-0.39, 0.29) is 23.6 Å². The molecule has 140 valence electrons. The minimum Gasteiger partial charge on any atom is -0.484 e. The molecule has 0 spiro atoms. The Hall–Kier alpha value is -1.66. The van der Waals surface area contributed by atoms with E-state index in [1.165, 1.54) is 19.3 Å². The topological polar surface area (TPSA) is 89.2 Å². The van der Waals surface area contributed by atoms with E-state index in [2.05, 4.69) is 20.8 Å². The standard InChI is InChI=1S/C19H30N2O4/c1-19(2,3)20-12-16(22)13-25-18-10-9-15(11-17(18)21(23)24)14-7-5-4-6-8-14/h9-11,14,16,20,22H,4-8,12-13H2,1-3H3/p+1. The molecule has 0 heterocycles. The second-order valence-corrected chi connectivity index (χ2v) is 8.09. The first kappa shape index (κ1) is 19.7. The molecule has 6 heteroatoms. The Morgan fingerprint density at radius 2 is 2.00 bits per heavy atom. The summed E-state index contributed by atoms with van der Waals surface area (Å²) in [5.41, 5.74) is 1.05. The Bertz CT molecular complexity index is 577. The normalized spacial score (nSPS) is 17.3. The third-order valence-electron chi connectivity index (χ3n) is 4.69. The summed E-state index contributed by atoms with van der Waals surface area (Å²) in [6.07, 6.45) is 5.15. The first-order valence-electron chi connectivity index (χ1n) is 9.20. The number of nitrogens with zero attached hydrogens (tertiary/aromatic N) is 1. The molecule has 1 saturated carbocycles. The van der Waals surface area contributed by atoms with E-state index in [1.807, 2.05) is 11.4 Å². The third-order valence-corrected chi connectivity index (χ3v) is 4.69. The zero-order chi connectivity index (χ0) is 18.4. The third kappa shape index (κ3) is 6.29. The van der Waals surface area contributed by atoms with Crippen molar-refractivity contribution in [2.45, 2.75) is 70.4 Å². The van der Waals surface area contributed by atoms with Crippen LogP contribution in [0.4, 0.5) is 5.69 Å². The SMILES string of the molecule is CC(C)(C)[NH2+]CC(O)COc1ccc(C2CCCCC2)cc1[N+](=O)[O-]. The van der Waals surface area contributed by atoms with Gasteiger partial charge in [-0.05, 0) is 51.2 Å². The fraction of sp³-hybridized carbons (Fsp3) is 0.684. The molecule has 0 aromatic heterocycles. The summed E-state index contributed by atoms with van der Waals surface area (Å²) in [5, 5.41) is 23.5. The Morgan fingerprint density at radius 1 is 1.32 bits per heavy atom. The number of nitrogens with two attached hydrogens (primary N) is 1. The number of ether oxygens (including phenoxy) is 1. The van der Waals surface area contributed by atoms with Crippen LogP contribution in [0, 0.1) is 10.1 Å². The summed E-state index contributed by atoms with van der Waals surface area (Å²) >= 11 is 0. The lowest BCUT2D eigenvalue weighted by molar-refractivity contribution is -0.722. The van der Waals surface area contributed by atoms with Crippen LogP contribution < -0.4 is 10.1 Å². The van der Waals surface area contributed by atoms with Crippen molar-refractivity contribution in [1.29, 1.82) is 0 Å². The van der Waals surface area contributed by atoms with Gasteiger partial charge in [0.05, 0.1) is 10.5 Å². The van der Waals surface area contributed by atoms with Gasteiger partial charge in [-0.3, -0.25) is 10.1 Å². The van der Waals surface area contributed by atoms with Gasteiger partial charge in [0.1, 0.15) is 19.3 Å². The number of quaternary nitrogens is 1. The molecule has 0 amide bonds. The molecule has 0 radical (unpaired) electrons. The van der Waals surface area contributed by atoms with Crippen molar-refractivity contribution in [2.75, 3.05) is 13.2 Å². The van der Waals surface area contributed by atoms with Crippen molar-refractivity contribution >= 4 is 5.69 Å². The average Bonchev–Trinajstić information content (AvgIpc) is 2.58. The van der Waals surface area contributed by atoms with Crippen molar-refractivity contribution < 1.29 is 20.1 Å². The summed E-state index contributed by atoms with van der Waals surface area (Å²) in [7, 11) is 0. The van der Waals surface area contributed by atoms with Gasteiger partial charge >= 0.3 is 5.69 Å². The van der Waals surface area contributed by atoms with Crippen LogP contribution in [0.15, 0.2) is 18.2 Å². The fourth-order valence-corrected chi connectivity index (χ4v) is 3.23. The fourth-order valence-electron chi connectivity index (χ4n) is 3.23. The minimum atomic E-state index is -0.670. The number of benzene rings is 1. The van der Waals surface area contributed by atoms with Crippen LogP contribution in [0.25, 0.3) is 0 Å². The van der Waals surface area contributed by atoms with Crippen LogP contribution in [0.3, 0.4) is 0 Å². The molecule has 1 aromatic carbocycles. The van der Waals surface area contributed by atoms with Gasteiger partial charge in [0, 0.05) is 6.07 Å². The second kappa shape index (κ2) is 8.63. The van der Waals surface area contributed by atoms with Crippen LogP contribution in [0.5, 0.6) is 5.75 Å². The number of aliphatic hydroxyl groups is 1. The van der Waals surface area contributed by atoms with E-state index in [4.69, 9.17) is 4.74 Å². The van der Waals surface area contributed by atoms with Gasteiger partial charge in [0.2, 0.25) is 0 Å². The van der Waals surface area contributed by atoms with E-state index < -0.39 is 11.0 Å². The number of hydrogen-bond donors (Lipinski definition) is 2. The second-order valence-electron chi connectivity index (χ2n) is 8.09. The van der Waals surface area contributed by atoms with Crippen molar-refractivity contribution in [1.82, 2.24) is 0 Å². The van der Waals surface area contributed by atoms with E-state index in [1.54, 1.807) is 12.1 Å². The van der Waals surface area contributed by atoms with Gasteiger partial charge in [0.25, 0.3) is 0 Å². The Balaban J connectivity index is 2.01. The molecule has 1 fully saturated rings. The number of nitro groups is 1. The molecule has 3 N–H and O–H groups in total. The first-order valence-corrected chi connectivity index (χ1v) is 9.20. The quantitative estimate of drug-likeness (QED) is 0.584.